The highest BCUT2D eigenvalue weighted by molar-refractivity contribution is 7.89. The monoisotopic (exact) mass is 324 g/mol. The van der Waals surface area contributed by atoms with E-state index in [1.54, 1.807) is 25.1 Å². The summed E-state index contributed by atoms with van der Waals surface area (Å²) in [6.07, 6.45) is 0. The van der Waals surface area contributed by atoms with Gasteiger partial charge in [-0.15, -0.1) is 0 Å². The summed E-state index contributed by atoms with van der Waals surface area (Å²) >= 11 is 0. The predicted molar refractivity (Wildman–Crippen MR) is 92.9 cm³/mol. The molecule has 0 aliphatic carbocycles. The Labute approximate surface area is 135 Å². The van der Waals surface area contributed by atoms with Crippen LogP contribution in [0.15, 0.2) is 82.8 Å². The highest BCUT2D eigenvalue weighted by Gasteiger charge is 2.12. The van der Waals surface area contributed by atoms with Crippen molar-refractivity contribution in [1.82, 2.24) is 4.83 Å². The molecule has 0 saturated carbocycles. The zero-order valence-electron chi connectivity index (χ0n) is 12.6. The molecule has 4 nitrogen and oxygen atoms in total. The third-order valence-corrected chi connectivity index (χ3v) is 4.78. The maximum atomic E-state index is 12.2. The van der Waals surface area contributed by atoms with Crippen molar-refractivity contribution in [1.29, 1.82) is 0 Å². The van der Waals surface area contributed by atoms with Crippen LogP contribution in [0.25, 0.3) is 10.8 Å². The molecule has 3 aromatic carbocycles. The van der Waals surface area contributed by atoms with Gasteiger partial charge in [0.05, 0.1) is 10.6 Å². The van der Waals surface area contributed by atoms with E-state index in [9.17, 15) is 8.42 Å². The highest BCUT2D eigenvalue weighted by atomic mass is 32.2. The van der Waals surface area contributed by atoms with E-state index >= 15 is 0 Å². The van der Waals surface area contributed by atoms with Crippen molar-refractivity contribution in [2.75, 3.05) is 0 Å². The molecule has 0 amide bonds. The first kappa shape index (κ1) is 15.2. The molecule has 3 aromatic rings. The molecule has 23 heavy (non-hydrogen) atoms. The molecule has 0 aliphatic rings. The molecule has 0 aromatic heterocycles. The summed E-state index contributed by atoms with van der Waals surface area (Å²) in [6, 6.07) is 22.1. The van der Waals surface area contributed by atoms with E-state index in [0.717, 1.165) is 16.3 Å². The van der Waals surface area contributed by atoms with Crippen LogP contribution in [-0.2, 0) is 10.0 Å². The first-order chi connectivity index (χ1) is 11.1. The summed E-state index contributed by atoms with van der Waals surface area (Å²) in [7, 11) is -3.64. The van der Waals surface area contributed by atoms with Crippen LogP contribution in [0.2, 0.25) is 0 Å². The second-order valence-electron chi connectivity index (χ2n) is 5.17. The first-order valence-corrected chi connectivity index (χ1v) is 8.65. The van der Waals surface area contributed by atoms with Gasteiger partial charge in [0.25, 0.3) is 10.0 Å². The Hall–Kier alpha value is -2.66. The fourth-order valence-corrected chi connectivity index (χ4v) is 3.14. The minimum absolute atomic E-state index is 0.190. The standard InChI is InChI=1S/C18H16N2O2S/c1-14(16-12-11-15-7-5-6-8-17(15)13-16)19-20-23(21,22)18-9-3-2-4-10-18/h2-13,20H,1H3. The van der Waals surface area contributed by atoms with Gasteiger partial charge < -0.3 is 0 Å². The summed E-state index contributed by atoms with van der Waals surface area (Å²) in [4.78, 5) is 2.47. The third-order valence-electron chi connectivity index (χ3n) is 3.55. The van der Waals surface area contributed by atoms with Crippen LogP contribution in [-0.4, -0.2) is 14.1 Å². The fourth-order valence-electron chi connectivity index (χ4n) is 2.26. The van der Waals surface area contributed by atoms with Crippen molar-refractivity contribution in [3.05, 3.63) is 78.4 Å². The Morgan fingerprint density at radius 3 is 2.26 bits per heavy atom. The van der Waals surface area contributed by atoms with E-state index < -0.39 is 10.0 Å². The van der Waals surface area contributed by atoms with E-state index in [2.05, 4.69) is 9.93 Å². The quantitative estimate of drug-likeness (QED) is 0.589. The van der Waals surface area contributed by atoms with E-state index in [-0.39, 0.29) is 4.90 Å². The molecular formula is C18H16N2O2S. The molecule has 3 rings (SSSR count). The molecular weight excluding hydrogens is 308 g/mol. The Morgan fingerprint density at radius 1 is 0.870 bits per heavy atom. The molecule has 116 valence electrons. The molecule has 0 radical (unpaired) electrons. The molecule has 0 bridgehead atoms. The lowest BCUT2D eigenvalue weighted by Crippen LogP contribution is -2.19. The van der Waals surface area contributed by atoms with Crippen LogP contribution < -0.4 is 4.83 Å². The van der Waals surface area contributed by atoms with Gasteiger partial charge in [-0.2, -0.15) is 18.4 Å². The Kier molecular flexibility index (Phi) is 4.12. The molecule has 0 spiro atoms. The Morgan fingerprint density at radius 2 is 1.52 bits per heavy atom. The van der Waals surface area contributed by atoms with E-state index in [1.165, 1.54) is 12.1 Å². The molecule has 0 heterocycles. The summed E-state index contributed by atoms with van der Waals surface area (Å²) in [5, 5.41) is 6.25. The summed E-state index contributed by atoms with van der Waals surface area (Å²) in [5.74, 6) is 0. The zero-order chi connectivity index (χ0) is 16.3. The molecule has 0 aliphatic heterocycles. The van der Waals surface area contributed by atoms with Gasteiger partial charge >= 0.3 is 0 Å². The van der Waals surface area contributed by atoms with Crippen LogP contribution in [0.5, 0.6) is 0 Å². The number of sulfonamides is 1. The molecule has 0 fully saturated rings. The number of nitrogens with one attached hydrogen (secondary N) is 1. The number of hydrogen-bond acceptors (Lipinski definition) is 3. The lowest BCUT2D eigenvalue weighted by atomic mass is 10.0. The van der Waals surface area contributed by atoms with Gasteiger partial charge in [0.15, 0.2) is 0 Å². The van der Waals surface area contributed by atoms with Crippen molar-refractivity contribution >= 4 is 26.5 Å². The molecule has 1 N–H and O–H groups in total. The molecule has 5 heteroatoms. The molecule has 0 saturated heterocycles. The summed E-state index contributed by atoms with van der Waals surface area (Å²) in [6.45, 7) is 1.78. The number of fused-ring (bicyclic) bond motifs is 1. The van der Waals surface area contributed by atoms with Crippen molar-refractivity contribution in [2.45, 2.75) is 11.8 Å². The lowest BCUT2D eigenvalue weighted by molar-refractivity contribution is 0.584. The molecule has 0 atom stereocenters. The largest absolute Gasteiger partial charge is 0.276 e. The normalized spacial score (nSPS) is 12.3. The van der Waals surface area contributed by atoms with E-state index in [4.69, 9.17) is 0 Å². The lowest BCUT2D eigenvalue weighted by Gasteiger charge is -2.06. The second kappa shape index (κ2) is 6.22. The van der Waals surface area contributed by atoms with Gasteiger partial charge in [-0.1, -0.05) is 54.6 Å². The smallest absolute Gasteiger partial charge is 0.200 e. The summed E-state index contributed by atoms with van der Waals surface area (Å²) < 4.78 is 24.3. The van der Waals surface area contributed by atoms with Gasteiger partial charge in [0, 0.05) is 0 Å². The van der Waals surface area contributed by atoms with Gasteiger partial charge in [0.2, 0.25) is 0 Å². The maximum Gasteiger partial charge on any atom is 0.276 e. The van der Waals surface area contributed by atoms with Crippen molar-refractivity contribution < 1.29 is 8.42 Å². The van der Waals surface area contributed by atoms with Gasteiger partial charge in [-0.25, -0.2) is 0 Å². The second-order valence-corrected chi connectivity index (χ2v) is 6.83. The topological polar surface area (TPSA) is 58.5 Å². The van der Waals surface area contributed by atoms with Crippen molar-refractivity contribution in [3.63, 3.8) is 0 Å². The van der Waals surface area contributed by atoms with Crippen LogP contribution in [0.1, 0.15) is 12.5 Å². The van der Waals surface area contributed by atoms with Crippen LogP contribution in [0, 0.1) is 0 Å². The van der Waals surface area contributed by atoms with Crippen LogP contribution in [0.4, 0.5) is 0 Å². The summed E-state index contributed by atoms with van der Waals surface area (Å²) in [5.41, 5.74) is 1.48. The van der Waals surface area contributed by atoms with Gasteiger partial charge in [-0.3, -0.25) is 0 Å². The molecule has 0 unspecified atom stereocenters. The van der Waals surface area contributed by atoms with Crippen LogP contribution in [0.3, 0.4) is 0 Å². The Bertz CT molecular complexity index is 964. The van der Waals surface area contributed by atoms with Gasteiger partial charge in [0.1, 0.15) is 0 Å². The third kappa shape index (κ3) is 3.40. The SMILES string of the molecule is CC(=NNS(=O)(=O)c1ccccc1)c1ccc2ccccc2c1. The zero-order valence-corrected chi connectivity index (χ0v) is 13.4. The minimum Gasteiger partial charge on any atom is -0.200 e. The van der Waals surface area contributed by atoms with Crippen LogP contribution >= 0.6 is 0 Å². The van der Waals surface area contributed by atoms with Gasteiger partial charge in [-0.05, 0) is 41.5 Å². The number of rotatable bonds is 4. The number of nitrogens with zero attached hydrogens (tertiary/aromatic N) is 1. The number of hydrazone groups is 1. The van der Waals surface area contributed by atoms with Crippen molar-refractivity contribution in [2.24, 2.45) is 5.10 Å². The van der Waals surface area contributed by atoms with E-state index in [1.807, 2.05) is 42.5 Å². The average molecular weight is 324 g/mol. The fraction of sp³-hybridized carbons (Fsp3) is 0.0556. The average Bonchev–Trinajstić information content (AvgIpc) is 2.60. The minimum atomic E-state index is -3.64. The maximum absolute atomic E-state index is 12.2. The highest BCUT2D eigenvalue weighted by Crippen LogP contribution is 2.16. The first-order valence-electron chi connectivity index (χ1n) is 7.16. The Balaban J connectivity index is 1.87. The number of hydrogen-bond donors (Lipinski definition) is 1. The van der Waals surface area contributed by atoms with E-state index in [0.29, 0.717) is 5.71 Å². The van der Waals surface area contributed by atoms with Crippen molar-refractivity contribution in [3.8, 4) is 0 Å². The number of benzene rings is 3. The predicted octanol–water partition coefficient (Wildman–Crippen LogP) is 3.54.